The number of benzene rings is 1. The first-order valence-corrected chi connectivity index (χ1v) is 6.52. The van der Waals surface area contributed by atoms with E-state index in [0.29, 0.717) is 11.1 Å². The average Bonchev–Trinajstić information content (AvgIpc) is 2.30. The number of carbonyl (C=O) groups excluding carboxylic acids is 1. The number of ether oxygens (including phenoxy) is 1. The lowest BCUT2D eigenvalue weighted by Gasteiger charge is -2.22. The van der Waals surface area contributed by atoms with Crippen LogP contribution in [-0.2, 0) is 15.7 Å². The quantitative estimate of drug-likeness (QED) is 0.771. The first-order valence-electron chi connectivity index (χ1n) is 6.52. The number of hydrogen-bond donors (Lipinski definition) is 0. The molecule has 0 aliphatic rings. The molecule has 1 aromatic rings. The Morgan fingerprint density at radius 3 is 2.30 bits per heavy atom. The van der Waals surface area contributed by atoms with Gasteiger partial charge >= 0.3 is 12.1 Å². The van der Waals surface area contributed by atoms with E-state index in [1.165, 1.54) is 6.07 Å². The normalized spacial score (nSPS) is 13.4. The van der Waals surface area contributed by atoms with Crippen molar-refractivity contribution in [3.8, 4) is 0 Å². The third-order valence-electron chi connectivity index (χ3n) is 3.14. The smallest absolute Gasteiger partial charge is 0.416 e. The van der Waals surface area contributed by atoms with Crippen LogP contribution in [0.5, 0.6) is 0 Å². The maximum atomic E-state index is 12.6. The molecule has 1 atom stereocenters. The minimum atomic E-state index is -4.37. The predicted octanol–water partition coefficient (Wildman–Crippen LogP) is 4.32. The van der Waals surface area contributed by atoms with Crippen molar-refractivity contribution in [3.05, 3.63) is 34.9 Å². The first kappa shape index (κ1) is 16.5. The van der Waals surface area contributed by atoms with Crippen LogP contribution in [-0.4, -0.2) is 12.6 Å². The largest absolute Gasteiger partial charge is 0.466 e. The highest BCUT2D eigenvalue weighted by Crippen LogP contribution is 2.34. The Balaban J connectivity index is 3.19. The molecule has 0 spiro atoms. The van der Waals surface area contributed by atoms with Crippen molar-refractivity contribution in [1.82, 2.24) is 0 Å². The summed E-state index contributed by atoms with van der Waals surface area (Å²) in [6.07, 6.45) is -4.37. The van der Waals surface area contributed by atoms with Gasteiger partial charge in [0.15, 0.2) is 0 Å². The molecule has 1 rings (SSSR count). The number of esters is 1. The van der Waals surface area contributed by atoms with E-state index in [4.69, 9.17) is 4.74 Å². The van der Waals surface area contributed by atoms with Crippen LogP contribution in [0.2, 0.25) is 0 Å². The molecular weight excluding hydrogens is 269 g/mol. The zero-order valence-corrected chi connectivity index (χ0v) is 12.0. The van der Waals surface area contributed by atoms with E-state index in [1.54, 1.807) is 13.8 Å². The molecule has 0 aromatic heterocycles. The van der Waals surface area contributed by atoms with Crippen molar-refractivity contribution in [3.63, 3.8) is 0 Å². The molecule has 0 radical (unpaired) electrons. The van der Waals surface area contributed by atoms with E-state index in [2.05, 4.69) is 0 Å². The summed E-state index contributed by atoms with van der Waals surface area (Å²) in [5.74, 6) is -0.993. The van der Waals surface area contributed by atoms with Gasteiger partial charge in [0.05, 0.1) is 18.1 Å². The fourth-order valence-electron chi connectivity index (χ4n) is 2.19. The molecule has 0 fully saturated rings. The second kappa shape index (κ2) is 6.29. The minimum Gasteiger partial charge on any atom is -0.466 e. The monoisotopic (exact) mass is 288 g/mol. The van der Waals surface area contributed by atoms with Crippen LogP contribution in [0.4, 0.5) is 13.2 Å². The van der Waals surface area contributed by atoms with Crippen LogP contribution < -0.4 is 0 Å². The van der Waals surface area contributed by atoms with Gasteiger partial charge in [0.2, 0.25) is 0 Å². The number of hydrogen-bond acceptors (Lipinski definition) is 2. The molecule has 0 saturated carbocycles. The second-order valence-corrected chi connectivity index (χ2v) is 5.04. The summed E-state index contributed by atoms with van der Waals surface area (Å²) in [4.78, 5) is 12.0. The third kappa shape index (κ3) is 3.74. The Hall–Kier alpha value is -1.52. The molecule has 0 aliphatic carbocycles. The summed E-state index contributed by atoms with van der Waals surface area (Å²) in [7, 11) is 0. The highest BCUT2D eigenvalue weighted by atomic mass is 19.4. The predicted molar refractivity (Wildman–Crippen MR) is 70.4 cm³/mol. The van der Waals surface area contributed by atoms with Crippen LogP contribution in [0.3, 0.4) is 0 Å². The van der Waals surface area contributed by atoms with Crippen LogP contribution in [0.15, 0.2) is 18.2 Å². The summed E-state index contributed by atoms with van der Waals surface area (Å²) in [6.45, 7) is 7.23. The highest BCUT2D eigenvalue weighted by molar-refractivity contribution is 5.79. The van der Waals surface area contributed by atoms with Crippen molar-refractivity contribution in [1.29, 1.82) is 0 Å². The summed E-state index contributed by atoms with van der Waals surface area (Å²) in [5, 5.41) is 0. The van der Waals surface area contributed by atoms with Gasteiger partial charge in [-0.05, 0) is 43.0 Å². The van der Waals surface area contributed by atoms with Gasteiger partial charge in [0.1, 0.15) is 0 Å². The number of halogens is 3. The lowest BCUT2D eigenvalue weighted by molar-refractivity contribution is -0.146. The summed E-state index contributed by atoms with van der Waals surface area (Å²) < 4.78 is 43.0. The van der Waals surface area contributed by atoms with Crippen molar-refractivity contribution in [2.75, 3.05) is 6.61 Å². The van der Waals surface area contributed by atoms with E-state index in [-0.39, 0.29) is 12.5 Å². The summed E-state index contributed by atoms with van der Waals surface area (Å²) in [5.41, 5.74) is 0.336. The van der Waals surface area contributed by atoms with E-state index >= 15 is 0 Å². The molecule has 0 bridgehead atoms. The zero-order chi connectivity index (χ0) is 15.5. The van der Waals surface area contributed by atoms with Crippen molar-refractivity contribution in [2.24, 2.45) is 5.92 Å². The molecule has 1 aromatic carbocycles. The molecule has 0 heterocycles. The van der Waals surface area contributed by atoms with Gasteiger partial charge in [0.25, 0.3) is 0 Å². The van der Waals surface area contributed by atoms with Gasteiger partial charge in [-0.15, -0.1) is 0 Å². The third-order valence-corrected chi connectivity index (χ3v) is 3.14. The van der Waals surface area contributed by atoms with Crippen LogP contribution >= 0.6 is 0 Å². The molecule has 0 amide bonds. The average molecular weight is 288 g/mol. The number of aryl methyl sites for hydroxylation is 1. The van der Waals surface area contributed by atoms with Crippen molar-refractivity contribution in [2.45, 2.75) is 39.8 Å². The van der Waals surface area contributed by atoms with Gasteiger partial charge in [-0.2, -0.15) is 13.2 Å². The van der Waals surface area contributed by atoms with Gasteiger partial charge in [-0.1, -0.05) is 19.9 Å². The Labute approximate surface area is 116 Å². The lowest BCUT2D eigenvalue weighted by Crippen LogP contribution is -2.22. The zero-order valence-electron chi connectivity index (χ0n) is 12.0. The number of carbonyl (C=O) groups is 1. The Kier molecular flexibility index (Phi) is 5.20. The molecule has 0 N–H and O–H groups in total. The molecule has 0 aliphatic heterocycles. The molecule has 2 nitrogen and oxygen atoms in total. The highest BCUT2D eigenvalue weighted by Gasteiger charge is 2.32. The fraction of sp³-hybridized carbons (Fsp3) is 0.533. The minimum absolute atomic E-state index is 0.0514. The van der Waals surface area contributed by atoms with Crippen molar-refractivity contribution >= 4 is 5.97 Å². The van der Waals surface area contributed by atoms with Crippen LogP contribution in [0, 0.1) is 12.8 Å². The van der Waals surface area contributed by atoms with Gasteiger partial charge in [-0.3, -0.25) is 4.79 Å². The Morgan fingerprint density at radius 2 is 1.90 bits per heavy atom. The fourth-order valence-corrected chi connectivity index (χ4v) is 2.19. The number of rotatable bonds is 4. The van der Waals surface area contributed by atoms with E-state index < -0.39 is 23.6 Å². The molecule has 1 unspecified atom stereocenters. The van der Waals surface area contributed by atoms with Crippen LogP contribution in [0.1, 0.15) is 43.4 Å². The standard InChI is InChI=1S/C15H19F3O2/c1-5-20-14(19)13(9(2)3)12-7-6-11(8-10(12)4)15(16,17)18/h6-9,13H,5H2,1-4H3. The SMILES string of the molecule is CCOC(=O)C(c1ccc(C(F)(F)F)cc1C)C(C)C. The summed E-state index contributed by atoms with van der Waals surface area (Å²) >= 11 is 0. The van der Waals surface area contributed by atoms with Gasteiger partial charge < -0.3 is 4.74 Å². The Morgan fingerprint density at radius 1 is 1.30 bits per heavy atom. The first-order chi connectivity index (χ1) is 9.18. The van der Waals surface area contributed by atoms with Gasteiger partial charge in [-0.25, -0.2) is 0 Å². The molecule has 112 valence electrons. The maximum absolute atomic E-state index is 12.6. The van der Waals surface area contributed by atoms with E-state index in [0.717, 1.165) is 12.1 Å². The second-order valence-electron chi connectivity index (χ2n) is 5.04. The van der Waals surface area contributed by atoms with Crippen LogP contribution in [0.25, 0.3) is 0 Å². The molecule has 0 saturated heterocycles. The molecule has 5 heteroatoms. The topological polar surface area (TPSA) is 26.3 Å². The van der Waals surface area contributed by atoms with E-state index in [9.17, 15) is 18.0 Å². The molecule has 20 heavy (non-hydrogen) atoms. The van der Waals surface area contributed by atoms with Crippen molar-refractivity contribution < 1.29 is 22.7 Å². The molecular formula is C15H19F3O2. The maximum Gasteiger partial charge on any atom is 0.416 e. The van der Waals surface area contributed by atoms with Gasteiger partial charge in [0, 0.05) is 0 Å². The summed E-state index contributed by atoms with van der Waals surface area (Å²) in [6, 6.07) is 3.46. The number of alkyl halides is 3. The van der Waals surface area contributed by atoms with E-state index in [1.807, 2.05) is 13.8 Å². The Bertz CT molecular complexity index is 478. The lowest BCUT2D eigenvalue weighted by atomic mass is 9.85.